The quantitative estimate of drug-likeness (QED) is 0.479. The van der Waals surface area contributed by atoms with Gasteiger partial charge in [0.05, 0.1) is 12.1 Å². The molecule has 0 spiro atoms. The predicted molar refractivity (Wildman–Crippen MR) is 122 cm³/mol. The van der Waals surface area contributed by atoms with Crippen LogP contribution in [0.5, 0.6) is 0 Å². The van der Waals surface area contributed by atoms with Gasteiger partial charge in [-0.05, 0) is 29.8 Å². The summed E-state index contributed by atoms with van der Waals surface area (Å²) in [6, 6.07) is 26.6. The van der Waals surface area contributed by atoms with Crippen molar-refractivity contribution in [2.75, 3.05) is 10.6 Å². The molecule has 4 aromatic rings. The molecule has 0 radical (unpaired) electrons. The number of nitrogens with one attached hydrogen (secondary N) is 2. The zero-order valence-electron chi connectivity index (χ0n) is 17.1. The molecule has 0 saturated carbocycles. The van der Waals surface area contributed by atoms with Crippen molar-refractivity contribution >= 4 is 23.2 Å². The van der Waals surface area contributed by atoms with Crippen LogP contribution in [0.4, 0.5) is 11.4 Å². The van der Waals surface area contributed by atoms with Crippen molar-refractivity contribution in [1.29, 1.82) is 0 Å². The largest absolute Gasteiger partial charge is 0.326 e. The summed E-state index contributed by atoms with van der Waals surface area (Å²) in [5.41, 5.74) is 4.41. The Balaban J connectivity index is 1.61. The maximum absolute atomic E-state index is 13.1. The molecule has 0 atom stereocenters. The molecule has 154 valence electrons. The number of benzene rings is 3. The molecule has 1 aromatic heterocycles. The normalized spacial score (nSPS) is 10.5. The van der Waals surface area contributed by atoms with Crippen molar-refractivity contribution in [3.63, 3.8) is 0 Å². The first kappa shape index (κ1) is 20.1. The van der Waals surface area contributed by atoms with Crippen molar-refractivity contribution in [2.24, 2.45) is 0 Å². The molecule has 0 fully saturated rings. The van der Waals surface area contributed by atoms with Crippen LogP contribution in [0.2, 0.25) is 0 Å². The third-order valence-electron chi connectivity index (χ3n) is 4.70. The van der Waals surface area contributed by atoms with Gasteiger partial charge >= 0.3 is 0 Å². The SMILES string of the molecule is CC(=O)Nc1ccc(NC(=O)c2cn(Cc3ccccc3)nc2-c2ccccc2)cc1. The molecule has 1 heterocycles. The summed E-state index contributed by atoms with van der Waals surface area (Å²) in [5, 5.41) is 10.3. The van der Waals surface area contributed by atoms with Gasteiger partial charge in [-0.25, -0.2) is 0 Å². The molecule has 2 amide bonds. The maximum atomic E-state index is 13.1. The molecule has 0 aliphatic heterocycles. The first-order chi connectivity index (χ1) is 15.1. The van der Waals surface area contributed by atoms with E-state index < -0.39 is 0 Å². The van der Waals surface area contributed by atoms with Gasteiger partial charge in [0.1, 0.15) is 5.69 Å². The van der Waals surface area contributed by atoms with E-state index in [9.17, 15) is 9.59 Å². The molecule has 0 aliphatic rings. The number of anilines is 2. The number of nitrogens with zero attached hydrogens (tertiary/aromatic N) is 2. The summed E-state index contributed by atoms with van der Waals surface area (Å²) >= 11 is 0. The standard InChI is InChI=1S/C25H22N4O2/c1-18(30)26-21-12-14-22(15-13-21)27-25(31)23-17-29(16-19-8-4-2-5-9-19)28-24(23)20-10-6-3-7-11-20/h2-15,17H,16H2,1H3,(H,26,30)(H,27,31). The molecular formula is C25H22N4O2. The zero-order chi connectivity index (χ0) is 21.6. The fraction of sp³-hybridized carbons (Fsp3) is 0.0800. The smallest absolute Gasteiger partial charge is 0.259 e. The molecule has 0 unspecified atom stereocenters. The van der Waals surface area contributed by atoms with E-state index in [-0.39, 0.29) is 11.8 Å². The van der Waals surface area contributed by atoms with Gasteiger partial charge in [0.25, 0.3) is 5.91 Å². The molecule has 0 saturated heterocycles. The van der Waals surface area contributed by atoms with Crippen molar-refractivity contribution < 1.29 is 9.59 Å². The molecule has 31 heavy (non-hydrogen) atoms. The lowest BCUT2D eigenvalue weighted by Crippen LogP contribution is -2.12. The highest BCUT2D eigenvalue weighted by atomic mass is 16.2. The molecule has 2 N–H and O–H groups in total. The monoisotopic (exact) mass is 410 g/mol. The van der Waals surface area contributed by atoms with Crippen molar-refractivity contribution in [3.05, 3.63) is 102 Å². The van der Waals surface area contributed by atoms with Crippen LogP contribution in [0.1, 0.15) is 22.8 Å². The van der Waals surface area contributed by atoms with Crippen LogP contribution < -0.4 is 10.6 Å². The third kappa shape index (κ3) is 5.05. The lowest BCUT2D eigenvalue weighted by molar-refractivity contribution is -0.114. The van der Waals surface area contributed by atoms with Crippen molar-refractivity contribution in [1.82, 2.24) is 9.78 Å². The van der Waals surface area contributed by atoms with E-state index >= 15 is 0 Å². The van der Waals surface area contributed by atoms with Gasteiger partial charge in [0, 0.05) is 30.1 Å². The first-order valence-corrected chi connectivity index (χ1v) is 9.94. The van der Waals surface area contributed by atoms with Gasteiger partial charge in [0.2, 0.25) is 5.91 Å². The molecule has 6 nitrogen and oxygen atoms in total. The Labute approximate surface area is 180 Å². The number of hydrogen-bond acceptors (Lipinski definition) is 3. The van der Waals surface area contributed by atoms with Gasteiger partial charge < -0.3 is 10.6 Å². The summed E-state index contributed by atoms with van der Waals surface area (Å²) < 4.78 is 1.78. The molecule has 4 rings (SSSR count). The van der Waals surface area contributed by atoms with E-state index in [1.165, 1.54) is 6.92 Å². The van der Waals surface area contributed by atoms with Crippen molar-refractivity contribution in [3.8, 4) is 11.3 Å². The van der Waals surface area contributed by atoms with E-state index in [1.54, 1.807) is 35.1 Å². The summed E-state index contributed by atoms with van der Waals surface area (Å²) in [4.78, 5) is 24.3. The highest BCUT2D eigenvalue weighted by Crippen LogP contribution is 2.24. The fourth-order valence-electron chi connectivity index (χ4n) is 3.29. The Kier molecular flexibility index (Phi) is 5.89. The van der Waals surface area contributed by atoms with Crippen LogP contribution in [-0.2, 0) is 11.3 Å². The summed E-state index contributed by atoms with van der Waals surface area (Å²) in [7, 11) is 0. The third-order valence-corrected chi connectivity index (χ3v) is 4.70. The highest BCUT2D eigenvalue weighted by molar-refractivity contribution is 6.08. The maximum Gasteiger partial charge on any atom is 0.259 e. The van der Waals surface area contributed by atoms with E-state index in [2.05, 4.69) is 10.6 Å². The lowest BCUT2D eigenvalue weighted by atomic mass is 10.1. The minimum absolute atomic E-state index is 0.143. The highest BCUT2D eigenvalue weighted by Gasteiger charge is 2.18. The van der Waals surface area contributed by atoms with Gasteiger partial charge in [0.15, 0.2) is 0 Å². The number of amides is 2. The van der Waals surface area contributed by atoms with Gasteiger partial charge in [-0.2, -0.15) is 5.10 Å². The Hall–Kier alpha value is -4.19. The van der Waals surface area contributed by atoms with Crippen LogP contribution in [0.25, 0.3) is 11.3 Å². The number of carbonyl (C=O) groups excluding carboxylic acids is 2. The Morgan fingerprint density at radius 2 is 1.39 bits per heavy atom. The number of aromatic nitrogens is 2. The topological polar surface area (TPSA) is 76.0 Å². The molecule has 0 bridgehead atoms. The van der Waals surface area contributed by atoms with Crippen LogP contribution >= 0.6 is 0 Å². The Morgan fingerprint density at radius 1 is 0.806 bits per heavy atom. The molecule has 0 aliphatic carbocycles. The minimum Gasteiger partial charge on any atom is -0.326 e. The predicted octanol–water partition coefficient (Wildman–Crippen LogP) is 4.81. The second-order valence-corrected chi connectivity index (χ2v) is 7.15. The van der Waals surface area contributed by atoms with Gasteiger partial charge in [-0.3, -0.25) is 14.3 Å². The average molecular weight is 410 g/mol. The second kappa shape index (κ2) is 9.09. The average Bonchev–Trinajstić information content (AvgIpc) is 3.20. The van der Waals surface area contributed by atoms with Gasteiger partial charge in [-0.15, -0.1) is 0 Å². The lowest BCUT2D eigenvalue weighted by Gasteiger charge is -2.07. The number of carbonyl (C=O) groups is 2. The van der Waals surface area contributed by atoms with E-state index in [0.29, 0.717) is 29.2 Å². The molecule has 6 heteroatoms. The van der Waals surface area contributed by atoms with Crippen LogP contribution in [-0.4, -0.2) is 21.6 Å². The first-order valence-electron chi connectivity index (χ1n) is 9.94. The molecule has 3 aromatic carbocycles. The zero-order valence-corrected chi connectivity index (χ0v) is 17.1. The van der Waals surface area contributed by atoms with Crippen LogP contribution in [0, 0.1) is 0 Å². The number of rotatable bonds is 6. The minimum atomic E-state index is -0.245. The molecular weight excluding hydrogens is 388 g/mol. The van der Waals surface area contributed by atoms with E-state index in [0.717, 1.165) is 11.1 Å². The Morgan fingerprint density at radius 3 is 2.00 bits per heavy atom. The van der Waals surface area contributed by atoms with Crippen LogP contribution in [0.3, 0.4) is 0 Å². The summed E-state index contributed by atoms with van der Waals surface area (Å²) in [6.45, 7) is 2.02. The van der Waals surface area contributed by atoms with Crippen molar-refractivity contribution in [2.45, 2.75) is 13.5 Å². The number of hydrogen-bond donors (Lipinski definition) is 2. The van der Waals surface area contributed by atoms with Crippen LogP contribution in [0.15, 0.2) is 91.1 Å². The summed E-state index contributed by atoms with van der Waals surface area (Å²) in [5.74, 6) is -0.388. The fourth-order valence-corrected chi connectivity index (χ4v) is 3.29. The Bertz CT molecular complexity index is 1180. The second-order valence-electron chi connectivity index (χ2n) is 7.15. The van der Waals surface area contributed by atoms with E-state index in [4.69, 9.17) is 5.10 Å². The van der Waals surface area contributed by atoms with E-state index in [1.807, 2.05) is 60.7 Å². The van der Waals surface area contributed by atoms with Gasteiger partial charge in [-0.1, -0.05) is 60.7 Å². The summed E-state index contributed by atoms with van der Waals surface area (Å²) in [6.07, 6.45) is 1.77.